The molecule has 0 heterocycles. The summed E-state index contributed by atoms with van der Waals surface area (Å²) in [6, 6.07) is 6.31. The maximum atomic E-state index is 13.0. The van der Waals surface area contributed by atoms with Crippen LogP contribution in [0.1, 0.15) is 18.1 Å². The molecule has 4 heteroatoms. The molecule has 0 aliphatic rings. The molecule has 92 valence electrons. The number of nitrogens with one attached hydrogen (secondary N) is 1. The minimum absolute atomic E-state index is 0.300. The van der Waals surface area contributed by atoms with Gasteiger partial charge in [0.2, 0.25) is 0 Å². The lowest BCUT2D eigenvalue weighted by molar-refractivity contribution is 0.349. The number of likely N-dealkylation sites (N-methyl/N-ethyl adjacent to an activating group) is 1. The Balaban J connectivity index is 2.46. The summed E-state index contributed by atoms with van der Waals surface area (Å²) in [4.78, 5) is 2.18. The number of nitrogens with zero attached hydrogens (tertiary/aromatic N) is 2. The molecule has 3 nitrogen and oxygen atoms in total. The molecule has 1 rings (SSSR count). The summed E-state index contributed by atoms with van der Waals surface area (Å²) in [6.45, 7) is 5.39. The van der Waals surface area contributed by atoms with Crippen molar-refractivity contribution in [2.45, 2.75) is 13.5 Å². The fourth-order valence-electron chi connectivity index (χ4n) is 1.47. The third-order valence-corrected chi connectivity index (χ3v) is 2.71. The molecule has 0 radical (unpaired) electrons. The van der Waals surface area contributed by atoms with E-state index in [-0.39, 0.29) is 5.82 Å². The van der Waals surface area contributed by atoms with Crippen LogP contribution in [-0.2, 0) is 6.54 Å². The van der Waals surface area contributed by atoms with Crippen molar-refractivity contribution in [1.29, 1.82) is 5.26 Å². The molecular formula is C13H18FN3. The quantitative estimate of drug-likeness (QED) is 0.763. The standard InChI is InChI=1S/C13H18FN3/c1-3-17(2)7-6-16-10-12-8-13(14)5-4-11(12)9-15/h4-5,8,16H,3,6-7,10H2,1-2H3. The molecule has 1 aromatic carbocycles. The molecule has 0 unspecified atom stereocenters. The molecule has 0 spiro atoms. The fourth-order valence-corrected chi connectivity index (χ4v) is 1.47. The van der Waals surface area contributed by atoms with Crippen LogP contribution in [0.25, 0.3) is 0 Å². The zero-order valence-corrected chi connectivity index (χ0v) is 10.3. The van der Waals surface area contributed by atoms with Gasteiger partial charge >= 0.3 is 0 Å². The van der Waals surface area contributed by atoms with Gasteiger partial charge in [0, 0.05) is 19.6 Å². The van der Waals surface area contributed by atoms with E-state index in [4.69, 9.17) is 5.26 Å². The van der Waals surface area contributed by atoms with Crippen molar-refractivity contribution in [2.24, 2.45) is 0 Å². The smallest absolute Gasteiger partial charge is 0.123 e. The molecule has 17 heavy (non-hydrogen) atoms. The molecule has 0 aliphatic carbocycles. The van der Waals surface area contributed by atoms with E-state index in [1.165, 1.54) is 18.2 Å². The second-order valence-corrected chi connectivity index (χ2v) is 3.99. The van der Waals surface area contributed by atoms with Crippen molar-refractivity contribution in [3.63, 3.8) is 0 Å². The predicted molar refractivity (Wildman–Crippen MR) is 66.0 cm³/mol. The second kappa shape index (κ2) is 7.00. The average molecular weight is 235 g/mol. The normalized spacial score (nSPS) is 10.5. The van der Waals surface area contributed by atoms with Crippen molar-refractivity contribution in [1.82, 2.24) is 10.2 Å². The Morgan fingerprint density at radius 3 is 2.88 bits per heavy atom. The minimum Gasteiger partial charge on any atom is -0.311 e. The number of nitriles is 1. The predicted octanol–water partition coefficient (Wildman–Crippen LogP) is 1.74. The second-order valence-electron chi connectivity index (χ2n) is 3.99. The van der Waals surface area contributed by atoms with E-state index in [9.17, 15) is 4.39 Å². The molecule has 0 saturated carbocycles. The Labute approximate surface area is 102 Å². The van der Waals surface area contributed by atoms with E-state index in [0.29, 0.717) is 17.7 Å². The summed E-state index contributed by atoms with van der Waals surface area (Å²) in [7, 11) is 2.05. The first-order chi connectivity index (χ1) is 8.17. The Bertz CT molecular complexity index is 398. The summed E-state index contributed by atoms with van der Waals surface area (Å²) < 4.78 is 13.0. The van der Waals surface area contributed by atoms with Gasteiger partial charge in [0.25, 0.3) is 0 Å². The van der Waals surface area contributed by atoms with Gasteiger partial charge in [0.05, 0.1) is 11.6 Å². The zero-order chi connectivity index (χ0) is 12.7. The maximum absolute atomic E-state index is 13.0. The highest BCUT2D eigenvalue weighted by molar-refractivity contribution is 5.37. The fraction of sp³-hybridized carbons (Fsp3) is 0.462. The SMILES string of the molecule is CCN(C)CCNCc1cc(F)ccc1C#N. The Kier molecular flexibility index (Phi) is 5.61. The monoisotopic (exact) mass is 235 g/mol. The molecule has 1 N–H and O–H groups in total. The lowest BCUT2D eigenvalue weighted by Crippen LogP contribution is -2.28. The summed E-state index contributed by atoms with van der Waals surface area (Å²) in [6.07, 6.45) is 0. The van der Waals surface area contributed by atoms with Crippen LogP contribution in [0, 0.1) is 17.1 Å². The molecule has 1 aromatic rings. The first-order valence-corrected chi connectivity index (χ1v) is 5.75. The molecule has 0 fully saturated rings. The zero-order valence-electron chi connectivity index (χ0n) is 10.3. The summed E-state index contributed by atoms with van der Waals surface area (Å²) in [5.41, 5.74) is 1.24. The first-order valence-electron chi connectivity index (χ1n) is 5.75. The van der Waals surface area contributed by atoms with Crippen LogP contribution in [0.5, 0.6) is 0 Å². The molecular weight excluding hydrogens is 217 g/mol. The van der Waals surface area contributed by atoms with Crippen LogP contribution in [0.3, 0.4) is 0 Å². The van der Waals surface area contributed by atoms with Gasteiger partial charge in [0.1, 0.15) is 5.82 Å². The van der Waals surface area contributed by atoms with Crippen molar-refractivity contribution >= 4 is 0 Å². The van der Waals surface area contributed by atoms with Gasteiger partial charge < -0.3 is 10.2 Å². The van der Waals surface area contributed by atoms with Gasteiger partial charge in [-0.2, -0.15) is 5.26 Å². The van der Waals surface area contributed by atoms with Crippen LogP contribution in [0.2, 0.25) is 0 Å². The highest BCUT2D eigenvalue weighted by Crippen LogP contribution is 2.09. The number of hydrogen-bond acceptors (Lipinski definition) is 3. The number of hydrogen-bond donors (Lipinski definition) is 1. The van der Waals surface area contributed by atoms with E-state index in [2.05, 4.69) is 23.2 Å². The van der Waals surface area contributed by atoms with Crippen LogP contribution in [-0.4, -0.2) is 31.6 Å². The van der Waals surface area contributed by atoms with Crippen LogP contribution in [0.15, 0.2) is 18.2 Å². The van der Waals surface area contributed by atoms with Gasteiger partial charge in [-0.05, 0) is 37.4 Å². The lowest BCUT2D eigenvalue weighted by Gasteiger charge is -2.14. The number of benzene rings is 1. The summed E-state index contributed by atoms with van der Waals surface area (Å²) in [5.74, 6) is -0.300. The third kappa shape index (κ3) is 4.51. The number of rotatable bonds is 6. The molecule has 0 saturated heterocycles. The molecule has 0 atom stereocenters. The highest BCUT2D eigenvalue weighted by atomic mass is 19.1. The van der Waals surface area contributed by atoms with E-state index in [1.807, 2.05) is 7.05 Å². The van der Waals surface area contributed by atoms with Gasteiger partial charge in [0.15, 0.2) is 0 Å². The van der Waals surface area contributed by atoms with E-state index < -0.39 is 0 Å². The Hall–Kier alpha value is -1.44. The van der Waals surface area contributed by atoms with Gasteiger partial charge in [-0.1, -0.05) is 6.92 Å². The highest BCUT2D eigenvalue weighted by Gasteiger charge is 2.03. The van der Waals surface area contributed by atoms with Crippen LogP contribution < -0.4 is 5.32 Å². The molecule has 0 bridgehead atoms. The average Bonchev–Trinajstić information content (AvgIpc) is 2.34. The molecule has 0 amide bonds. The van der Waals surface area contributed by atoms with Crippen LogP contribution >= 0.6 is 0 Å². The van der Waals surface area contributed by atoms with E-state index in [0.717, 1.165) is 19.6 Å². The van der Waals surface area contributed by atoms with Gasteiger partial charge in [-0.15, -0.1) is 0 Å². The number of halogens is 1. The van der Waals surface area contributed by atoms with Gasteiger partial charge in [-0.3, -0.25) is 0 Å². The van der Waals surface area contributed by atoms with Crippen molar-refractivity contribution in [3.8, 4) is 6.07 Å². The van der Waals surface area contributed by atoms with Crippen molar-refractivity contribution < 1.29 is 4.39 Å². The van der Waals surface area contributed by atoms with E-state index in [1.54, 1.807) is 0 Å². The minimum atomic E-state index is -0.300. The summed E-state index contributed by atoms with van der Waals surface area (Å²) >= 11 is 0. The van der Waals surface area contributed by atoms with Gasteiger partial charge in [-0.25, -0.2) is 4.39 Å². The summed E-state index contributed by atoms with van der Waals surface area (Å²) in [5, 5.41) is 12.1. The van der Waals surface area contributed by atoms with E-state index >= 15 is 0 Å². The third-order valence-electron chi connectivity index (χ3n) is 2.71. The van der Waals surface area contributed by atoms with Crippen molar-refractivity contribution in [2.75, 3.05) is 26.7 Å². The molecule has 0 aromatic heterocycles. The largest absolute Gasteiger partial charge is 0.311 e. The molecule has 0 aliphatic heterocycles. The first kappa shape index (κ1) is 13.6. The van der Waals surface area contributed by atoms with Crippen molar-refractivity contribution in [3.05, 3.63) is 35.1 Å². The lowest BCUT2D eigenvalue weighted by atomic mass is 10.1. The van der Waals surface area contributed by atoms with Crippen LogP contribution in [0.4, 0.5) is 4.39 Å². The Morgan fingerprint density at radius 1 is 1.47 bits per heavy atom. The Morgan fingerprint density at radius 2 is 2.24 bits per heavy atom. The topological polar surface area (TPSA) is 39.1 Å². The maximum Gasteiger partial charge on any atom is 0.123 e.